The molecule has 0 aromatic carbocycles. The van der Waals surface area contributed by atoms with Gasteiger partial charge in [0.2, 0.25) is 0 Å². The summed E-state index contributed by atoms with van der Waals surface area (Å²) in [6.07, 6.45) is -1.35. The molecule has 2 aromatic heterocycles. The summed E-state index contributed by atoms with van der Waals surface area (Å²) in [6, 6.07) is 2.96. The minimum atomic E-state index is -4.51. The van der Waals surface area contributed by atoms with Crippen molar-refractivity contribution >= 4 is 17.5 Å². The fraction of sp³-hybridized carbons (Fsp3) is 0.474. The Morgan fingerprint density at radius 1 is 1.24 bits per heavy atom. The number of ether oxygens (including phenoxy) is 1. The average molecular weight is 427 g/mol. The summed E-state index contributed by atoms with van der Waals surface area (Å²) in [5, 5.41) is 0.282. The minimum Gasteiger partial charge on any atom is -0.461 e. The molecule has 2 aliphatic rings. The number of alkyl halides is 3. The molecule has 1 saturated heterocycles. The molecule has 1 aliphatic carbocycles. The Kier molecular flexibility index (Phi) is 5.10. The van der Waals surface area contributed by atoms with E-state index >= 15 is 0 Å². The number of nitrogens with zero attached hydrogens (tertiary/aromatic N) is 4. The van der Waals surface area contributed by atoms with Crippen LogP contribution in [0.1, 0.15) is 34.6 Å². The van der Waals surface area contributed by atoms with E-state index in [4.69, 9.17) is 16.3 Å². The summed E-state index contributed by atoms with van der Waals surface area (Å²) < 4.78 is 43.4. The molecule has 0 bridgehead atoms. The second-order valence-electron chi connectivity index (χ2n) is 7.45. The first kappa shape index (κ1) is 19.9. The number of amides is 1. The van der Waals surface area contributed by atoms with Gasteiger partial charge in [-0.1, -0.05) is 11.6 Å². The number of piperidine rings is 1. The lowest BCUT2D eigenvalue weighted by molar-refractivity contribution is -0.138. The number of likely N-dealkylation sites (tertiary alicyclic amines) is 1. The van der Waals surface area contributed by atoms with Gasteiger partial charge in [0.15, 0.2) is 0 Å². The van der Waals surface area contributed by atoms with E-state index in [2.05, 4.69) is 15.0 Å². The maximum atomic E-state index is 13.1. The van der Waals surface area contributed by atoms with E-state index < -0.39 is 11.7 Å². The zero-order valence-electron chi connectivity index (χ0n) is 15.5. The number of carbonyl (C=O) groups excluding carboxylic acids is 1. The van der Waals surface area contributed by atoms with E-state index in [9.17, 15) is 18.0 Å². The van der Waals surface area contributed by atoms with Gasteiger partial charge in [-0.15, -0.1) is 0 Å². The van der Waals surface area contributed by atoms with Crippen LogP contribution in [-0.4, -0.2) is 45.0 Å². The molecule has 1 saturated carbocycles. The van der Waals surface area contributed by atoms with Crippen molar-refractivity contribution in [2.75, 3.05) is 13.2 Å². The molecule has 29 heavy (non-hydrogen) atoms. The topological polar surface area (TPSA) is 68.2 Å². The van der Waals surface area contributed by atoms with Gasteiger partial charge >= 0.3 is 12.2 Å². The maximum Gasteiger partial charge on any atom is 0.419 e. The van der Waals surface area contributed by atoms with Gasteiger partial charge in [0.25, 0.3) is 5.91 Å². The van der Waals surface area contributed by atoms with Gasteiger partial charge in [0, 0.05) is 24.6 Å². The maximum absolute atomic E-state index is 13.1. The van der Waals surface area contributed by atoms with E-state index in [-0.39, 0.29) is 35.3 Å². The van der Waals surface area contributed by atoms with Crippen LogP contribution < -0.4 is 4.74 Å². The van der Waals surface area contributed by atoms with Crippen molar-refractivity contribution < 1.29 is 22.7 Å². The highest BCUT2D eigenvalue weighted by Crippen LogP contribution is 2.47. The van der Waals surface area contributed by atoms with Crippen molar-refractivity contribution in [2.45, 2.75) is 32.0 Å². The molecular weight excluding hydrogens is 409 g/mol. The van der Waals surface area contributed by atoms with Crippen LogP contribution in [0.3, 0.4) is 0 Å². The fourth-order valence-electron chi connectivity index (χ4n) is 3.64. The molecule has 154 valence electrons. The molecule has 0 spiro atoms. The summed E-state index contributed by atoms with van der Waals surface area (Å²) in [6.45, 7) is 2.45. The Hall–Kier alpha value is -2.42. The Morgan fingerprint density at radius 2 is 1.97 bits per heavy atom. The van der Waals surface area contributed by atoms with E-state index in [1.165, 1.54) is 0 Å². The number of hydrogen-bond acceptors (Lipinski definition) is 5. The first-order valence-electron chi connectivity index (χ1n) is 9.18. The predicted octanol–water partition coefficient (Wildman–Crippen LogP) is 3.78. The summed E-state index contributed by atoms with van der Waals surface area (Å²) in [5.41, 5.74) is -0.0631. The van der Waals surface area contributed by atoms with Gasteiger partial charge in [-0.05, 0) is 43.7 Å². The van der Waals surface area contributed by atoms with Gasteiger partial charge in [0.05, 0.1) is 16.6 Å². The highest BCUT2D eigenvalue weighted by molar-refractivity contribution is 6.33. The zero-order chi connectivity index (χ0) is 20.8. The van der Waals surface area contributed by atoms with Gasteiger partial charge in [-0.2, -0.15) is 13.2 Å². The van der Waals surface area contributed by atoms with Crippen LogP contribution in [0.2, 0.25) is 5.02 Å². The molecule has 10 heteroatoms. The van der Waals surface area contributed by atoms with E-state index in [1.807, 2.05) is 0 Å². The molecule has 2 fully saturated rings. The first-order valence-corrected chi connectivity index (χ1v) is 9.56. The quantitative estimate of drug-likeness (QED) is 0.744. The summed E-state index contributed by atoms with van der Waals surface area (Å²) >= 11 is 6.18. The normalized spacial score (nSPS) is 23.5. The van der Waals surface area contributed by atoms with Crippen LogP contribution in [0.25, 0.3) is 0 Å². The summed E-state index contributed by atoms with van der Waals surface area (Å²) in [5.74, 6) is 0.717. The standard InChI is InChI=1S/C19H18ClF3N4O2/c1-10-2-3-15(20)16(26-10)17(28)27-8-12-4-11(12)5-14(27)9-29-18-24-6-13(7-25-18)19(21,22)23/h2-3,6-7,11-12,14H,4-5,8-9H2,1H3/t11-,12+,14+/m1/s1. The number of aryl methyl sites for hydroxylation is 1. The number of hydrogen-bond donors (Lipinski definition) is 0. The largest absolute Gasteiger partial charge is 0.461 e. The average Bonchev–Trinajstić information content (AvgIpc) is 3.45. The van der Waals surface area contributed by atoms with Gasteiger partial charge in [-0.25, -0.2) is 15.0 Å². The molecular formula is C19H18ClF3N4O2. The molecule has 3 atom stereocenters. The van der Waals surface area contributed by atoms with E-state index in [0.717, 1.165) is 12.8 Å². The Bertz CT molecular complexity index is 923. The van der Waals surface area contributed by atoms with Crippen molar-refractivity contribution in [1.82, 2.24) is 19.9 Å². The first-order chi connectivity index (χ1) is 13.7. The van der Waals surface area contributed by atoms with E-state index in [1.54, 1.807) is 24.0 Å². The zero-order valence-corrected chi connectivity index (χ0v) is 16.2. The lowest BCUT2D eigenvalue weighted by Crippen LogP contribution is -2.48. The van der Waals surface area contributed by atoms with Gasteiger partial charge in [-0.3, -0.25) is 4.79 Å². The van der Waals surface area contributed by atoms with Crippen LogP contribution in [0.4, 0.5) is 13.2 Å². The van der Waals surface area contributed by atoms with Crippen LogP contribution in [0, 0.1) is 18.8 Å². The fourth-order valence-corrected chi connectivity index (χ4v) is 3.83. The number of halogens is 4. The number of aromatic nitrogens is 3. The Balaban J connectivity index is 1.48. The third kappa shape index (κ3) is 4.29. The molecule has 1 amide bonds. The Morgan fingerprint density at radius 3 is 2.66 bits per heavy atom. The third-order valence-corrected chi connectivity index (χ3v) is 5.63. The number of fused-ring (bicyclic) bond motifs is 1. The SMILES string of the molecule is Cc1ccc(Cl)c(C(=O)N2C[C@@H]3C[C@@H]3C[C@H]2COc2ncc(C(F)(F)F)cn2)n1. The summed E-state index contributed by atoms with van der Waals surface area (Å²) in [7, 11) is 0. The lowest BCUT2D eigenvalue weighted by atomic mass is 10.0. The van der Waals surface area contributed by atoms with Crippen molar-refractivity contribution in [3.8, 4) is 6.01 Å². The number of pyridine rings is 1. The van der Waals surface area contributed by atoms with Crippen molar-refractivity contribution in [3.63, 3.8) is 0 Å². The number of rotatable bonds is 4. The van der Waals surface area contributed by atoms with Crippen LogP contribution in [-0.2, 0) is 6.18 Å². The third-order valence-electron chi connectivity index (χ3n) is 5.32. The van der Waals surface area contributed by atoms with Gasteiger partial charge in [0.1, 0.15) is 12.3 Å². The summed E-state index contributed by atoms with van der Waals surface area (Å²) in [4.78, 5) is 26.3. The van der Waals surface area contributed by atoms with Crippen molar-refractivity contribution in [1.29, 1.82) is 0 Å². The highest BCUT2D eigenvalue weighted by atomic mass is 35.5. The minimum absolute atomic E-state index is 0.0871. The molecule has 3 heterocycles. The van der Waals surface area contributed by atoms with Crippen LogP contribution >= 0.6 is 11.6 Å². The molecule has 6 nitrogen and oxygen atoms in total. The molecule has 4 rings (SSSR count). The van der Waals surface area contributed by atoms with Crippen LogP contribution in [0.15, 0.2) is 24.5 Å². The van der Waals surface area contributed by atoms with E-state index in [0.29, 0.717) is 36.5 Å². The molecule has 1 aliphatic heterocycles. The second-order valence-corrected chi connectivity index (χ2v) is 7.86. The molecule has 2 aromatic rings. The number of carbonyl (C=O) groups is 1. The van der Waals surface area contributed by atoms with Crippen molar-refractivity contribution in [2.24, 2.45) is 11.8 Å². The molecule has 0 unspecified atom stereocenters. The highest BCUT2D eigenvalue weighted by Gasteiger charge is 2.47. The second kappa shape index (κ2) is 7.44. The molecule has 0 radical (unpaired) electrons. The molecule has 0 N–H and O–H groups in total. The predicted molar refractivity (Wildman–Crippen MR) is 97.6 cm³/mol. The lowest BCUT2D eigenvalue weighted by Gasteiger charge is -2.35. The monoisotopic (exact) mass is 426 g/mol. The van der Waals surface area contributed by atoms with Crippen molar-refractivity contribution in [3.05, 3.63) is 46.5 Å². The van der Waals surface area contributed by atoms with Gasteiger partial charge < -0.3 is 9.64 Å². The van der Waals surface area contributed by atoms with Crippen LogP contribution in [0.5, 0.6) is 6.01 Å². The smallest absolute Gasteiger partial charge is 0.419 e. The Labute approximate surface area is 170 Å².